The molecule has 0 unspecified atom stereocenters. The Bertz CT molecular complexity index is 246. The Morgan fingerprint density at radius 2 is 1.11 bits per heavy atom. The third kappa shape index (κ3) is 11.3. The van der Waals surface area contributed by atoms with Crippen LogP contribution in [0.4, 0.5) is 9.59 Å². The molecule has 0 aliphatic heterocycles. The van der Waals surface area contributed by atoms with Crippen LogP contribution >= 0.6 is 23.2 Å². The van der Waals surface area contributed by atoms with Crippen molar-refractivity contribution in [3.63, 3.8) is 0 Å². The Hall–Kier alpha value is -0.280. The van der Waals surface area contributed by atoms with E-state index in [1.807, 2.05) is 0 Å². The van der Waals surface area contributed by atoms with E-state index in [2.05, 4.69) is 6.92 Å². The van der Waals surface area contributed by atoms with Crippen LogP contribution < -0.4 is 0 Å². The lowest BCUT2D eigenvalue weighted by Gasteiger charge is -2.13. The van der Waals surface area contributed by atoms with Gasteiger partial charge in [-0.2, -0.15) is 0 Å². The lowest BCUT2D eigenvalue weighted by molar-refractivity contribution is 0.213. The average molecular weight is 310 g/mol. The Balaban J connectivity index is 3.35. The van der Waals surface area contributed by atoms with Crippen LogP contribution in [0.3, 0.4) is 0 Å². The molecule has 0 aliphatic carbocycles. The second kappa shape index (κ2) is 12.7. The van der Waals surface area contributed by atoms with Crippen LogP contribution in [0.25, 0.3) is 0 Å². The second-order valence-electron chi connectivity index (χ2n) is 4.84. The van der Waals surface area contributed by atoms with Crippen LogP contribution in [0.5, 0.6) is 0 Å². The van der Waals surface area contributed by atoms with Crippen LogP contribution in [0.15, 0.2) is 0 Å². The monoisotopic (exact) mass is 309 g/mol. The summed E-state index contributed by atoms with van der Waals surface area (Å²) in [5, 5.41) is -1.59. The number of hydrogen-bond donors (Lipinski definition) is 0. The van der Waals surface area contributed by atoms with E-state index < -0.39 is 10.7 Å². The van der Waals surface area contributed by atoms with Gasteiger partial charge in [0.1, 0.15) is 0 Å². The molecule has 0 aromatic carbocycles. The molecule has 0 aliphatic rings. The van der Waals surface area contributed by atoms with Crippen molar-refractivity contribution in [2.75, 3.05) is 6.54 Å². The maximum Gasteiger partial charge on any atom is 0.323 e. The molecule has 0 spiro atoms. The number of carbonyl (C=O) groups excluding carboxylic acids is 2. The topological polar surface area (TPSA) is 37.4 Å². The summed E-state index contributed by atoms with van der Waals surface area (Å²) in [5.74, 6) is 0. The van der Waals surface area contributed by atoms with E-state index in [9.17, 15) is 9.59 Å². The van der Waals surface area contributed by atoms with Gasteiger partial charge < -0.3 is 0 Å². The predicted octanol–water partition coefficient (Wildman–Crippen LogP) is 5.93. The third-order valence-corrected chi connectivity index (χ3v) is 3.57. The molecule has 0 saturated carbocycles. The van der Waals surface area contributed by atoms with E-state index in [0.717, 1.165) is 24.2 Å². The van der Waals surface area contributed by atoms with Crippen LogP contribution in [-0.2, 0) is 0 Å². The van der Waals surface area contributed by atoms with Gasteiger partial charge in [0.15, 0.2) is 0 Å². The molecule has 19 heavy (non-hydrogen) atoms. The van der Waals surface area contributed by atoms with Crippen molar-refractivity contribution >= 4 is 33.9 Å². The number of imide groups is 1. The SMILES string of the molecule is CCCCCCCCCCCCN(C(=O)Cl)C(=O)Cl. The van der Waals surface area contributed by atoms with Crippen molar-refractivity contribution in [2.24, 2.45) is 0 Å². The fourth-order valence-electron chi connectivity index (χ4n) is 2.00. The van der Waals surface area contributed by atoms with E-state index in [0.29, 0.717) is 6.54 Å². The van der Waals surface area contributed by atoms with E-state index in [1.165, 1.54) is 44.9 Å². The molecule has 0 saturated heterocycles. The van der Waals surface area contributed by atoms with Gasteiger partial charge in [0, 0.05) is 6.54 Å². The number of rotatable bonds is 11. The van der Waals surface area contributed by atoms with Crippen molar-refractivity contribution in [1.29, 1.82) is 0 Å². The third-order valence-electron chi connectivity index (χ3n) is 3.16. The fraction of sp³-hybridized carbons (Fsp3) is 0.857. The minimum absolute atomic E-state index is 0.321. The second-order valence-corrected chi connectivity index (χ2v) is 5.49. The maximum absolute atomic E-state index is 10.9. The summed E-state index contributed by atoms with van der Waals surface area (Å²) in [5.41, 5.74) is 0. The van der Waals surface area contributed by atoms with Gasteiger partial charge in [-0.15, -0.1) is 0 Å². The zero-order valence-corrected chi connectivity index (χ0v) is 13.3. The van der Waals surface area contributed by atoms with Crippen molar-refractivity contribution in [3.8, 4) is 0 Å². The minimum Gasteiger partial charge on any atom is -0.255 e. The number of halogens is 2. The molecular formula is C14H25Cl2NO2. The highest BCUT2D eigenvalue weighted by Crippen LogP contribution is 2.11. The van der Waals surface area contributed by atoms with Crippen molar-refractivity contribution < 1.29 is 9.59 Å². The number of unbranched alkanes of at least 4 members (excludes halogenated alkanes) is 9. The number of amides is 2. The molecule has 0 fully saturated rings. The summed E-state index contributed by atoms with van der Waals surface area (Å²) >= 11 is 10.5. The molecular weight excluding hydrogens is 285 g/mol. The van der Waals surface area contributed by atoms with Crippen LogP contribution in [-0.4, -0.2) is 22.2 Å². The number of nitrogens with zero attached hydrogens (tertiary/aromatic N) is 1. The standard InChI is InChI=1S/C14H25Cl2NO2/c1-2-3-4-5-6-7-8-9-10-11-12-17(13(15)18)14(16)19/h2-12H2,1H3. The Kier molecular flexibility index (Phi) is 12.6. The van der Waals surface area contributed by atoms with E-state index in [1.54, 1.807) is 0 Å². The molecule has 0 rings (SSSR count). The highest BCUT2D eigenvalue weighted by molar-refractivity contribution is 6.70. The van der Waals surface area contributed by atoms with Crippen molar-refractivity contribution in [3.05, 3.63) is 0 Å². The molecule has 0 radical (unpaired) electrons. The highest BCUT2D eigenvalue weighted by atomic mass is 35.5. The summed E-state index contributed by atoms with van der Waals surface area (Å²) < 4.78 is 0. The molecule has 0 N–H and O–H groups in total. The van der Waals surface area contributed by atoms with Crippen LogP contribution in [0.2, 0.25) is 0 Å². The maximum atomic E-state index is 10.9. The molecule has 112 valence electrons. The molecule has 0 heterocycles. The first-order chi connectivity index (χ1) is 9.09. The average Bonchev–Trinajstić information content (AvgIpc) is 2.35. The zero-order chi connectivity index (χ0) is 14.5. The van der Waals surface area contributed by atoms with E-state index in [-0.39, 0.29) is 0 Å². The Morgan fingerprint density at radius 1 is 0.737 bits per heavy atom. The van der Waals surface area contributed by atoms with Gasteiger partial charge in [-0.05, 0) is 29.6 Å². The summed E-state index contributed by atoms with van der Waals surface area (Å²) in [4.78, 5) is 22.6. The quantitative estimate of drug-likeness (QED) is 0.269. The summed E-state index contributed by atoms with van der Waals surface area (Å²) in [6.07, 6.45) is 12.0. The summed E-state index contributed by atoms with van der Waals surface area (Å²) in [6.45, 7) is 2.54. The summed E-state index contributed by atoms with van der Waals surface area (Å²) in [6, 6.07) is 0. The van der Waals surface area contributed by atoms with Crippen LogP contribution in [0.1, 0.15) is 71.1 Å². The molecule has 2 amide bonds. The Labute approximate surface area is 126 Å². The number of carbonyl (C=O) groups is 2. The predicted molar refractivity (Wildman–Crippen MR) is 81.0 cm³/mol. The van der Waals surface area contributed by atoms with Crippen molar-refractivity contribution in [1.82, 2.24) is 4.90 Å². The number of hydrogen-bond acceptors (Lipinski definition) is 2. The lowest BCUT2D eigenvalue weighted by Crippen LogP contribution is -2.29. The minimum atomic E-state index is -0.795. The first-order valence-corrected chi connectivity index (χ1v) is 8.01. The van der Waals surface area contributed by atoms with Gasteiger partial charge in [0.25, 0.3) is 0 Å². The largest absolute Gasteiger partial charge is 0.323 e. The van der Waals surface area contributed by atoms with Gasteiger partial charge in [-0.3, -0.25) is 14.5 Å². The zero-order valence-electron chi connectivity index (χ0n) is 11.8. The smallest absolute Gasteiger partial charge is 0.255 e. The Morgan fingerprint density at radius 3 is 1.47 bits per heavy atom. The highest BCUT2D eigenvalue weighted by Gasteiger charge is 2.16. The normalized spacial score (nSPS) is 10.5. The van der Waals surface area contributed by atoms with Gasteiger partial charge in [0.05, 0.1) is 0 Å². The molecule has 0 atom stereocenters. The van der Waals surface area contributed by atoms with Crippen LogP contribution in [0, 0.1) is 0 Å². The molecule has 0 aromatic heterocycles. The summed E-state index contributed by atoms with van der Waals surface area (Å²) in [7, 11) is 0. The molecule has 0 aromatic rings. The molecule has 3 nitrogen and oxygen atoms in total. The first-order valence-electron chi connectivity index (χ1n) is 7.26. The van der Waals surface area contributed by atoms with Gasteiger partial charge in [-0.1, -0.05) is 64.7 Å². The van der Waals surface area contributed by atoms with Gasteiger partial charge in [0.2, 0.25) is 0 Å². The van der Waals surface area contributed by atoms with Gasteiger partial charge >= 0.3 is 10.7 Å². The lowest BCUT2D eigenvalue weighted by atomic mass is 10.1. The van der Waals surface area contributed by atoms with Gasteiger partial charge in [-0.25, -0.2) is 0 Å². The van der Waals surface area contributed by atoms with E-state index >= 15 is 0 Å². The first kappa shape index (κ1) is 18.7. The fourth-order valence-corrected chi connectivity index (χ4v) is 2.37. The van der Waals surface area contributed by atoms with E-state index in [4.69, 9.17) is 23.2 Å². The molecule has 0 bridgehead atoms. The van der Waals surface area contributed by atoms with Crippen molar-refractivity contribution in [2.45, 2.75) is 71.1 Å². The molecule has 5 heteroatoms.